The molecule has 0 atom stereocenters. The number of benzene rings is 2. The quantitative estimate of drug-likeness (QED) is 0.576. The summed E-state index contributed by atoms with van der Waals surface area (Å²) < 4.78 is 16.5. The van der Waals surface area contributed by atoms with Gasteiger partial charge >= 0.3 is 0 Å². The van der Waals surface area contributed by atoms with Gasteiger partial charge in [-0.3, -0.25) is 0 Å². The van der Waals surface area contributed by atoms with E-state index in [1.807, 2.05) is 24.3 Å². The number of hydrogen-bond acceptors (Lipinski definition) is 4. The maximum absolute atomic E-state index is 5.95. The number of ether oxygens (including phenoxy) is 2. The highest BCUT2D eigenvalue weighted by Gasteiger charge is 2.06. The molecule has 0 aliphatic heterocycles. The van der Waals surface area contributed by atoms with Gasteiger partial charge in [0.1, 0.15) is 12.1 Å². The van der Waals surface area contributed by atoms with Gasteiger partial charge in [-0.2, -0.15) is 0 Å². The Morgan fingerprint density at radius 2 is 2.04 bits per heavy atom. The zero-order valence-electron chi connectivity index (χ0n) is 13.2. The molecule has 0 unspecified atom stereocenters. The van der Waals surface area contributed by atoms with Gasteiger partial charge in [-0.15, -0.1) is 0 Å². The second-order valence-electron chi connectivity index (χ2n) is 5.01. The van der Waals surface area contributed by atoms with E-state index < -0.39 is 0 Å². The molecular weight excluding hydrogens is 326 g/mol. The number of fused-ring (bicyclic) bond motifs is 1. The number of hydrogen-bond donors (Lipinski definition) is 0. The van der Waals surface area contributed by atoms with Crippen LogP contribution in [0, 0.1) is 0 Å². The molecule has 3 aromatic rings. The van der Waals surface area contributed by atoms with E-state index in [0.717, 1.165) is 11.1 Å². The summed E-state index contributed by atoms with van der Waals surface area (Å²) in [4.78, 5) is 4.38. The van der Waals surface area contributed by atoms with E-state index in [4.69, 9.17) is 25.5 Å². The Morgan fingerprint density at radius 1 is 1.17 bits per heavy atom. The SMILES string of the molecule is C=CCOc1ccc(/C=C/c2nc3cc(Cl)ccc3o2)cc1OC. The van der Waals surface area contributed by atoms with Gasteiger partial charge in [0.25, 0.3) is 0 Å². The molecule has 122 valence electrons. The molecule has 2 aromatic carbocycles. The standard InChI is InChI=1S/C19H16ClNO3/c1-3-10-23-17-7-4-13(11-18(17)22-2)5-9-19-21-15-12-14(20)6-8-16(15)24-19/h3-9,11-12H,1,10H2,2H3/b9-5+. The number of halogens is 1. The van der Waals surface area contributed by atoms with Gasteiger partial charge in [-0.1, -0.05) is 30.3 Å². The average Bonchev–Trinajstić information content (AvgIpc) is 3.00. The molecule has 0 spiro atoms. The van der Waals surface area contributed by atoms with E-state index in [-0.39, 0.29) is 0 Å². The van der Waals surface area contributed by atoms with Crippen LogP contribution in [-0.2, 0) is 0 Å². The van der Waals surface area contributed by atoms with Crippen molar-refractivity contribution < 1.29 is 13.9 Å². The Bertz CT molecular complexity index is 899. The Hall–Kier alpha value is -2.72. The minimum Gasteiger partial charge on any atom is -0.493 e. The van der Waals surface area contributed by atoms with Crippen molar-refractivity contribution in [3.05, 3.63) is 65.5 Å². The molecule has 1 heterocycles. The fraction of sp³-hybridized carbons (Fsp3) is 0.105. The zero-order valence-corrected chi connectivity index (χ0v) is 13.9. The van der Waals surface area contributed by atoms with Crippen LogP contribution in [0.5, 0.6) is 11.5 Å². The van der Waals surface area contributed by atoms with E-state index in [1.165, 1.54) is 0 Å². The Morgan fingerprint density at radius 3 is 2.83 bits per heavy atom. The normalized spacial score (nSPS) is 11.1. The Balaban J connectivity index is 1.83. The summed E-state index contributed by atoms with van der Waals surface area (Å²) in [7, 11) is 1.61. The van der Waals surface area contributed by atoms with Crippen molar-refractivity contribution in [2.75, 3.05) is 13.7 Å². The van der Waals surface area contributed by atoms with Gasteiger partial charge in [0.2, 0.25) is 5.89 Å². The number of rotatable bonds is 6. The minimum absolute atomic E-state index is 0.428. The van der Waals surface area contributed by atoms with E-state index in [1.54, 1.807) is 37.5 Å². The van der Waals surface area contributed by atoms with Gasteiger partial charge in [-0.25, -0.2) is 4.98 Å². The van der Waals surface area contributed by atoms with Crippen LogP contribution in [-0.4, -0.2) is 18.7 Å². The van der Waals surface area contributed by atoms with Gasteiger partial charge < -0.3 is 13.9 Å². The van der Waals surface area contributed by atoms with Crippen molar-refractivity contribution in [1.29, 1.82) is 0 Å². The highest BCUT2D eigenvalue weighted by molar-refractivity contribution is 6.31. The minimum atomic E-state index is 0.428. The second kappa shape index (κ2) is 7.23. The van der Waals surface area contributed by atoms with Crippen LogP contribution in [0.1, 0.15) is 11.5 Å². The van der Waals surface area contributed by atoms with E-state index >= 15 is 0 Å². The third-order valence-electron chi connectivity index (χ3n) is 3.33. The van der Waals surface area contributed by atoms with Crippen LogP contribution in [0.3, 0.4) is 0 Å². The van der Waals surface area contributed by atoms with Gasteiger partial charge in [-0.05, 0) is 42.0 Å². The summed E-state index contributed by atoms with van der Waals surface area (Å²) in [6.45, 7) is 4.06. The lowest BCUT2D eigenvalue weighted by Crippen LogP contribution is -1.96. The second-order valence-corrected chi connectivity index (χ2v) is 5.44. The highest BCUT2D eigenvalue weighted by atomic mass is 35.5. The van der Waals surface area contributed by atoms with E-state index in [9.17, 15) is 0 Å². The first kappa shape index (κ1) is 16.1. The van der Waals surface area contributed by atoms with Crippen molar-refractivity contribution in [2.45, 2.75) is 0 Å². The summed E-state index contributed by atoms with van der Waals surface area (Å²) in [5.41, 5.74) is 2.37. The van der Waals surface area contributed by atoms with Crippen LogP contribution in [0.15, 0.2) is 53.5 Å². The van der Waals surface area contributed by atoms with Crippen LogP contribution in [0.4, 0.5) is 0 Å². The van der Waals surface area contributed by atoms with Crippen LogP contribution in [0.2, 0.25) is 5.02 Å². The first-order chi connectivity index (χ1) is 11.7. The molecule has 0 N–H and O–H groups in total. The lowest BCUT2D eigenvalue weighted by molar-refractivity contribution is 0.326. The molecule has 0 saturated heterocycles. The molecule has 0 saturated carbocycles. The predicted octanol–water partition coefficient (Wildman–Crippen LogP) is 5.23. The lowest BCUT2D eigenvalue weighted by atomic mass is 10.2. The molecule has 0 aliphatic carbocycles. The molecule has 0 bridgehead atoms. The Kier molecular flexibility index (Phi) is 4.87. The topological polar surface area (TPSA) is 44.5 Å². The number of oxazole rings is 1. The summed E-state index contributed by atoms with van der Waals surface area (Å²) in [5, 5.41) is 0.631. The molecule has 1 aromatic heterocycles. The van der Waals surface area contributed by atoms with E-state index in [2.05, 4.69) is 11.6 Å². The van der Waals surface area contributed by atoms with Crippen LogP contribution in [0.25, 0.3) is 23.3 Å². The third kappa shape index (κ3) is 3.60. The molecule has 3 rings (SSSR count). The summed E-state index contributed by atoms with van der Waals surface area (Å²) in [6, 6.07) is 11.0. The van der Waals surface area contributed by atoms with E-state index in [0.29, 0.717) is 34.6 Å². The maximum Gasteiger partial charge on any atom is 0.220 e. The first-order valence-electron chi connectivity index (χ1n) is 7.35. The average molecular weight is 342 g/mol. The lowest BCUT2D eigenvalue weighted by Gasteiger charge is -2.09. The van der Waals surface area contributed by atoms with Crippen molar-refractivity contribution in [2.24, 2.45) is 0 Å². The van der Waals surface area contributed by atoms with Gasteiger partial charge in [0.05, 0.1) is 7.11 Å². The van der Waals surface area contributed by atoms with Gasteiger partial charge in [0, 0.05) is 11.1 Å². The van der Waals surface area contributed by atoms with Crippen LogP contribution < -0.4 is 9.47 Å². The zero-order chi connectivity index (χ0) is 16.9. The molecule has 0 fully saturated rings. The van der Waals surface area contributed by atoms with Crippen molar-refractivity contribution in [3.8, 4) is 11.5 Å². The Labute approximate surface area is 145 Å². The highest BCUT2D eigenvalue weighted by Crippen LogP contribution is 2.29. The summed E-state index contributed by atoms with van der Waals surface area (Å²) >= 11 is 5.95. The maximum atomic E-state index is 5.95. The van der Waals surface area contributed by atoms with Crippen LogP contribution >= 0.6 is 11.6 Å². The molecule has 4 nitrogen and oxygen atoms in total. The van der Waals surface area contributed by atoms with Gasteiger partial charge in [0.15, 0.2) is 17.1 Å². The smallest absolute Gasteiger partial charge is 0.220 e. The van der Waals surface area contributed by atoms with Crippen molar-refractivity contribution in [1.82, 2.24) is 4.98 Å². The monoisotopic (exact) mass is 341 g/mol. The number of nitrogens with zero attached hydrogens (tertiary/aromatic N) is 1. The summed E-state index contributed by atoms with van der Waals surface area (Å²) in [6.07, 6.45) is 5.38. The van der Waals surface area contributed by atoms with Crippen molar-refractivity contribution >= 4 is 34.9 Å². The molecular formula is C19H16ClNO3. The van der Waals surface area contributed by atoms with Crippen molar-refractivity contribution in [3.63, 3.8) is 0 Å². The molecule has 24 heavy (non-hydrogen) atoms. The molecule has 5 heteroatoms. The predicted molar refractivity (Wildman–Crippen MR) is 96.6 cm³/mol. The number of aromatic nitrogens is 1. The number of methoxy groups -OCH3 is 1. The fourth-order valence-corrected chi connectivity index (χ4v) is 2.38. The third-order valence-corrected chi connectivity index (χ3v) is 3.56. The molecule has 0 amide bonds. The molecule has 0 aliphatic rings. The largest absolute Gasteiger partial charge is 0.493 e. The molecule has 0 radical (unpaired) electrons. The first-order valence-corrected chi connectivity index (χ1v) is 7.73. The fourth-order valence-electron chi connectivity index (χ4n) is 2.21. The summed E-state index contributed by atoms with van der Waals surface area (Å²) in [5.74, 6) is 1.84.